The number of thiazole rings is 1. The van der Waals surface area contributed by atoms with Crippen molar-refractivity contribution < 1.29 is 14.0 Å². The van der Waals surface area contributed by atoms with E-state index in [2.05, 4.69) is 40.7 Å². The second kappa shape index (κ2) is 10.7. The van der Waals surface area contributed by atoms with Crippen molar-refractivity contribution in [1.29, 1.82) is 0 Å². The fourth-order valence-electron chi connectivity index (χ4n) is 5.32. The summed E-state index contributed by atoms with van der Waals surface area (Å²) in [5, 5.41) is 15.3. The molecule has 2 amide bonds. The van der Waals surface area contributed by atoms with Gasteiger partial charge in [0.05, 0.1) is 22.6 Å². The molecule has 4 aromatic rings. The standard InChI is InChI=1S/C26H27ClN8O4S/c1-12-33-34-25(39-12)13-3-5-17(29-23(37)21-28-16-6-4-14(27)10-15(16)22(36)32-21)19(9-13)30-24(38)26-31-18-7-8-35(2)11-20(18)40-26/h4,6,10,13,17,19H,3,5,7-9,11H2,1-2H3,(H,29,37)(H,30,38)(H,28,32,36)/t13-,17-,19-/m0/s1. The van der Waals surface area contributed by atoms with Crippen LogP contribution in [0.1, 0.15) is 68.0 Å². The molecule has 14 heteroatoms. The molecule has 3 N–H and O–H groups in total. The van der Waals surface area contributed by atoms with Gasteiger partial charge in [0.1, 0.15) is 0 Å². The van der Waals surface area contributed by atoms with E-state index in [1.165, 1.54) is 17.4 Å². The van der Waals surface area contributed by atoms with Gasteiger partial charge in [0.25, 0.3) is 17.4 Å². The monoisotopic (exact) mass is 582 g/mol. The number of benzene rings is 1. The van der Waals surface area contributed by atoms with Gasteiger partial charge in [0.15, 0.2) is 10.8 Å². The highest BCUT2D eigenvalue weighted by molar-refractivity contribution is 7.13. The lowest BCUT2D eigenvalue weighted by Gasteiger charge is -2.35. The van der Waals surface area contributed by atoms with E-state index in [9.17, 15) is 14.4 Å². The van der Waals surface area contributed by atoms with Crippen molar-refractivity contribution in [1.82, 2.24) is 40.7 Å². The topological polar surface area (TPSA) is 159 Å². The summed E-state index contributed by atoms with van der Waals surface area (Å²) < 4.78 is 5.68. The Bertz CT molecular complexity index is 1670. The fourth-order valence-corrected chi connectivity index (χ4v) is 6.58. The van der Waals surface area contributed by atoms with Crippen LogP contribution in [0.5, 0.6) is 0 Å². The number of H-pyrrole nitrogens is 1. The summed E-state index contributed by atoms with van der Waals surface area (Å²) in [4.78, 5) is 53.9. The molecule has 0 saturated heterocycles. The van der Waals surface area contributed by atoms with Crippen LogP contribution < -0.4 is 16.2 Å². The van der Waals surface area contributed by atoms with Crippen LogP contribution in [0.4, 0.5) is 0 Å². The van der Waals surface area contributed by atoms with E-state index in [1.807, 2.05) is 7.05 Å². The summed E-state index contributed by atoms with van der Waals surface area (Å²) in [6.45, 7) is 3.40. The third-order valence-corrected chi connectivity index (χ3v) is 8.70. The normalized spacial score (nSPS) is 21.2. The Balaban J connectivity index is 1.23. The number of carbonyl (C=O) groups is 2. The number of aromatic amines is 1. The third kappa shape index (κ3) is 5.36. The van der Waals surface area contributed by atoms with Crippen LogP contribution >= 0.6 is 22.9 Å². The predicted octanol–water partition coefficient (Wildman–Crippen LogP) is 2.58. The molecule has 1 saturated carbocycles. The summed E-state index contributed by atoms with van der Waals surface area (Å²) >= 11 is 7.40. The summed E-state index contributed by atoms with van der Waals surface area (Å²) in [6.07, 6.45) is 2.48. The van der Waals surface area contributed by atoms with Crippen molar-refractivity contribution in [2.75, 3.05) is 13.6 Å². The van der Waals surface area contributed by atoms with E-state index in [0.717, 1.165) is 30.1 Å². The number of hydrogen-bond acceptors (Lipinski definition) is 10. The van der Waals surface area contributed by atoms with Gasteiger partial charge in [-0.3, -0.25) is 14.4 Å². The minimum atomic E-state index is -0.555. The molecular weight excluding hydrogens is 556 g/mol. The minimum Gasteiger partial charge on any atom is -0.425 e. The number of carbonyl (C=O) groups excluding carboxylic acids is 2. The van der Waals surface area contributed by atoms with E-state index in [0.29, 0.717) is 52.0 Å². The largest absolute Gasteiger partial charge is 0.425 e. The zero-order valence-electron chi connectivity index (χ0n) is 21.9. The van der Waals surface area contributed by atoms with Gasteiger partial charge in [-0.2, -0.15) is 4.98 Å². The molecule has 1 fully saturated rings. The van der Waals surface area contributed by atoms with Crippen LogP contribution in [-0.2, 0) is 13.0 Å². The van der Waals surface area contributed by atoms with Crippen molar-refractivity contribution >= 4 is 45.7 Å². The molecule has 3 aromatic heterocycles. The van der Waals surface area contributed by atoms with Crippen molar-refractivity contribution in [2.45, 2.75) is 57.2 Å². The second-order valence-electron chi connectivity index (χ2n) is 10.3. The van der Waals surface area contributed by atoms with Crippen molar-refractivity contribution in [3.63, 3.8) is 0 Å². The Morgan fingerprint density at radius 3 is 2.77 bits per heavy atom. The Kier molecular flexibility index (Phi) is 7.11. The number of rotatable bonds is 5. The van der Waals surface area contributed by atoms with Gasteiger partial charge >= 0.3 is 0 Å². The molecule has 6 rings (SSSR count). The first-order valence-electron chi connectivity index (χ1n) is 13.0. The molecule has 0 unspecified atom stereocenters. The second-order valence-corrected chi connectivity index (χ2v) is 11.8. The van der Waals surface area contributed by atoms with E-state index in [-0.39, 0.29) is 17.6 Å². The Morgan fingerprint density at radius 2 is 1.98 bits per heavy atom. The SMILES string of the molecule is Cc1nnc([C@H]2CC[C@H](NC(=O)c3nc(=O)c4cc(Cl)ccc4[nH]3)[C@@H](NC(=O)c3nc4c(s3)CN(C)CC4)C2)o1. The number of nitrogens with zero attached hydrogens (tertiary/aromatic N) is 5. The van der Waals surface area contributed by atoms with Crippen molar-refractivity contribution in [2.24, 2.45) is 0 Å². The van der Waals surface area contributed by atoms with E-state index < -0.39 is 23.6 Å². The molecule has 2 aliphatic rings. The molecule has 0 bridgehead atoms. The van der Waals surface area contributed by atoms with Gasteiger partial charge in [-0.05, 0) is 44.5 Å². The van der Waals surface area contributed by atoms with Gasteiger partial charge in [-0.15, -0.1) is 21.5 Å². The molecule has 1 aromatic carbocycles. The number of nitrogens with one attached hydrogen (secondary N) is 3. The summed E-state index contributed by atoms with van der Waals surface area (Å²) in [5.74, 6) is -0.0522. The minimum absolute atomic E-state index is 0.0823. The van der Waals surface area contributed by atoms with Gasteiger partial charge in [-0.25, -0.2) is 4.98 Å². The van der Waals surface area contributed by atoms with Crippen molar-refractivity contribution in [3.8, 4) is 0 Å². The number of aryl methyl sites for hydroxylation is 1. The number of amides is 2. The molecule has 0 radical (unpaired) electrons. The number of hydrogen-bond donors (Lipinski definition) is 3. The van der Waals surface area contributed by atoms with Crippen LogP contribution in [0.2, 0.25) is 5.02 Å². The molecule has 12 nitrogen and oxygen atoms in total. The van der Waals surface area contributed by atoms with E-state index in [1.54, 1.807) is 19.1 Å². The summed E-state index contributed by atoms with van der Waals surface area (Å²) in [5.41, 5.74) is 0.863. The van der Waals surface area contributed by atoms with Gasteiger partial charge in [0.2, 0.25) is 11.8 Å². The lowest BCUT2D eigenvalue weighted by molar-refractivity contribution is 0.0847. The number of aromatic nitrogens is 5. The highest BCUT2D eigenvalue weighted by Gasteiger charge is 2.36. The lowest BCUT2D eigenvalue weighted by atomic mass is 9.82. The molecule has 1 aliphatic carbocycles. The van der Waals surface area contributed by atoms with E-state index >= 15 is 0 Å². The number of fused-ring (bicyclic) bond motifs is 2. The zero-order valence-corrected chi connectivity index (χ0v) is 23.4. The highest BCUT2D eigenvalue weighted by Crippen LogP contribution is 2.33. The molecule has 4 heterocycles. The Labute approximate surface area is 237 Å². The average Bonchev–Trinajstić information content (AvgIpc) is 3.56. The quantitative estimate of drug-likeness (QED) is 0.321. The van der Waals surface area contributed by atoms with Crippen LogP contribution in [0.25, 0.3) is 10.9 Å². The number of halogens is 1. The molecular formula is C26H27ClN8O4S. The first-order chi connectivity index (χ1) is 19.2. The average molecular weight is 583 g/mol. The summed E-state index contributed by atoms with van der Waals surface area (Å²) in [6, 6.07) is 3.89. The predicted molar refractivity (Wildman–Crippen MR) is 148 cm³/mol. The van der Waals surface area contributed by atoms with Crippen LogP contribution in [0.3, 0.4) is 0 Å². The molecule has 1 aliphatic heterocycles. The molecule has 3 atom stereocenters. The van der Waals surface area contributed by atoms with Crippen LogP contribution in [0.15, 0.2) is 27.4 Å². The third-order valence-electron chi connectivity index (χ3n) is 7.38. The van der Waals surface area contributed by atoms with Crippen LogP contribution in [-0.4, -0.2) is 67.5 Å². The van der Waals surface area contributed by atoms with Gasteiger partial charge in [-0.1, -0.05) is 11.6 Å². The lowest BCUT2D eigenvalue weighted by Crippen LogP contribution is -2.54. The van der Waals surface area contributed by atoms with Crippen molar-refractivity contribution in [3.05, 3.63) is 66.8 Å². The van der Waals surface area contributed by atoms with E-state index in [4.69, 9.17) is 16.0 Å². The highest BCUT2D eigenvalue weighted by atomic mass is 35.5. The zero-order chi connectivity index (χ0) is 28.0. The first kappa shape index (κ1) is 26.5. The van der Waals surface area contributed by atoms with Crippen LogP contribution in [0, 0.1) is 6.92 Å². The number of likely N-dealkylation sites (N-methyl/N-ethyl adjacent to an activating group) is 1. The molecule has 0 spiro atoms. The maximum atomic E-state index is 13.4. The summed E-state index contributed by atoms with van der Waals surface area (Å²) in [7, 11) is 2.05. The van der Waals surface area contributed by atoms with Gasteiger partial charge < -0.3 is 24.9 Å². The maximum Gasteiger partial charge on any atom is 0.287 e. The molecule has 40 heavy (non-hydrogen) atoms. The molecule has 208 valence electrons. The Morgan fingerprint density at radius 1 is 1.15 bits per heavy atom. The smallest absolute Gasteiger partial charge is 0.287 e. The fraction of sp³-hybridized carbons (Fsp3) is 0.423. The Hall–Kier alpha value is -3.68. The maximum absolute atomic E-state index is 13.4. The first-order valence-corrected chi connectivity index (χ1v) is 14.2. The van der Waals surface area contributed by atoms with Gasteiger partial charge in [0, 0.05) is 48.3 Å².